The molecule has 0 radical (unpaired) electrons. The first kappa shape index (κ1) is 29.7. The van der Waals surface area contributed by atoms with Gasteiger partial charge in [0.1, 0.15) is 11.4 Å². The fourth-order valence-electron chi connectivity index (χ4n) is 6.36. The average Bonchev–Trinajstić information content (AvgIpc) is 3.71. The number of amides is 2. The molecule has 3 heterocycles. The Hall–Kier alpha value is -4.32. The molecular weight excluding hydrogens is 568 g/mol. The summed E-state index contributed by atoms with van der Waals surface area (Å²) in [4.78, 5) is 39.5. The van der Waals surface area contributed by atoms with Crippen molar-refractivity contribution in [3.05, 3.63) is 65.9 Å². The van der Waals surface area contributed by atoms with E-state index in [2.05, 4.69) is 37.6 Å². The molecule has 1 atom stereocenters. The van der Waals surface area contributed by atoms with Crippen molar-refractivity contribution in [1.82, 2.24) is 20.2 Å². The van der Waals surface area contributed by atoms with Crippen LogP contribution in [0.5, 0.6) is 5.75 Å². The van der Waals surface area contributed by atoms with E-state index in [4.69, 9.17) is 4.74 Å². The van der Waals surface area contributed by atoms with Gasteiger partial charge in [0.05, 0.1) is 25.5 Å². The second-order valence-corrected chi connectivity index (χ2v) is 11.8. The van der Waals surface area contributed by atoms with Crippen LogP contribution >= 0.6 is 0 Å². The number of aromatic nitrogens is 2. The number of carbonyl (C=O) groups is 2. The topological polar surface area (TPSA) is 103 Å². The summed E-state index contributed by atoms with van der Waals surface area (Å²) in [6.45, 7) is 1.80. The fourth-order valence-corrected chi connectivity index (χ4v) is 6.36. The summed E-state index contributed by atoms with van der Waals surface area (Å²) in [6.07, 6.45) is 5.64. The van der Waals surface area contributed by atoms with E-state index in [1.54, 1.807) is 23.1 Å². The molecule has 10 nitrogen and oxygen atoms in total. The lowest BCUT2D eigenvalue weighted by Gasteiger charge is -2.31. The summed E-state index contributed by atoms with van der Waals surface area (Å²) < 4.78 is 35.4. The maximum absolute atomic E-state index is 14.9. The zero-order valence-corrected chi connectivity index (χ0v) is 24.9. The number of ether oxygens (including phenoxy) is 1. The van der Waals surface area contributed by atoms with Gasteiger partial charge in [-0.25, -0.2) is 4.98 Å². The average molecular weight is 606 g/mol. The zero-order valence-electron chi connectivity index (χ0n) is 24.9. The monoisotopic (exact) mass is 605 g/mol. The number of nitrogens with one attached hydrogen (secondary N) is 2. The van der Waals surface area contributed by atoms with Crippen molar-refractivity contribution in [1.29, 1.82) is 0 Å². The van der Waals surface area contributed by atoms with Gasteiger partial charge in [0.25, 0.3) is 11.8 Å². The van der Waals surface area contributed by atoms with Crippen molar-refractivity contribution in [3.63, 3.8) is 0 Å². The number of fused-ring (bicyclic) bond motifs is 1. The van der Waals surface area contributed by atoms with Gasteiger partial charge in [0.15, 0.2) is 5.82 Å². The van der Waals surface area contributed by atoms with Crippen LogP contribution in [-0.4, -0.2) is 78.5 Å². The number of rotatable bonds is 8. The van der Waals surface area contributed by atoms with Gasteiger partial charge in [-0.05, 0) is 43.0 Å². The van der Waals surface area contributed by atoms with Crippen molar-refractivity contribution < 1.29 is 23.1 Å². The molecule has 232 valence electrons. The third-order valence-electron chi connectivity index (χ3n) is 8.70. The smallest absolute Gasteiger partial charge is 0.342 e. The van der Waals surface area contributed by atoms with Crippen LogP contribution in [0.1, 0.15) is 48.0 Å². The molecule has 1 saturated heterocycles. The number of benzene rings is 2. The molecule has 0 spiro atoms. The van der Waals surface area contributed by atoms with Crippen LogP contribution in [-0.2, 0) is 11.3 Å². The number of nitrogens with zero attached hydrogens (tertiary/aromatic N) is 5. The maximum atomic E-state index is 14.9. The molecule has 3 aliphatic rings. The van der Waals surface area contributed by atoms with Crippen molar-refractivity contribution >= 4 is 35.0 Å². The van der Waals surface area contributed by atoms with Gasteiger partial charge in [-0.15, -0.1) is 0 Å². The summed E-state index contributed by atoms with van der Waals surface area (Å²) in [5.41, 5.74) is 2.44. The number of halogens is 2. The maximum Gasteiger partial charge on any atom is 0.342 e. The highest BCUT2D eigenvalue weighted by Crippen LogP contribution is 2.40. The van der Waals surface area contributed by atoms with Gasteiger partial charge in [-0.2, -0.15) is 13.8 Å². The standard InChI is InChI=1S/C32H37F2N7O3/c1-39-26-17-35-31(38-28(26)41(24-10-6-7-11-24)20-32(33,34)30(39)43)37-25-13-12-22(16-27(25)44-2)29(42)36-23-14-15-40(19-23)18-21-8-4-3-5-9-21/h3-5,8-9,12-13,16-17,23-24H,6-7,10-11,14-15,18-20H2,1-2H3,(H,36,42)(H,35,37,38)/t23-/m1/s1. The van der Waals surface area contributed by atoms with Gasteiger partial charge in [0, 0.05) is 44.3 Å². The summed E-state index contributed by atoms with van der Waals surface area (Å²) in [7, 11) is 2.83. The molecule has 6 rings (SSSR count). The molecule has 0 unspecified atom stereocenters. The molecule has 2 amide bonds. The van der Waals surface area contributed by atoms with Gasteiger partial charge in [0.2, 0.25) is 5.95 Å². The SMILES string of the molecule is COc1cc(C(=O)N[C@@H]2CCN(Cc3ccccc3)C2)ccc1Nc1ncc2c(n1)N(C1CCCC1)CC(F)(F)C(=O)N2C. The van der Waals surface area contributed by atoms with E-state index in [9.17, 15) is 18.4 Å². The lowest BCUT2D eigenvalue weighted by atomic mass is 10.1. The Morgan fingerprint density at radius 1 is 1.11 bits per heavy atom. The molecule has 44 heavy (non-hydrogen) atoms. The number of alkyl halides is 2. The molecule has 1 aromatic heterocycles. The lowest BCUT2D eigenvalue weighted by molar-refractivity contribution is -0.140. The van der Waals surface area contributed by atoms with Crippen LogP contribution < -0.4 is 25.2 Å². The molecule has 3 aromatic rings. The minimum absolute atomic E-state index is 0.0446. The highest BCUT2D eigenvalue weighted by molar-refractivity contribution is 6.02. The zero-order chi connectivity index (χ0) is 30.8. The van der Waals surface area contributed by atoms with E-state index in [1.165, 1.54) is 25.9 Å². The third-order valence-corrected chi connectivity index (χ3v) is 8.70. The van der Waals surface area contributed by atoms with Gasteiger partial charge in [-0.3, -0.25) is 14.5 Å². The number of carbonyl (C=O) groups excluding carboxylic acids is 2. The van der Waals surface area contributed by atoms with Crippen LogP contribution in [0.15, 0.2) is 54.7 Å². The van der Waals surface area contributed by atoms with E-state index in [0.29, 0.717) is 17.0 Å². The van der Waals surface area contributed by atoms with Crippen molar-refractivity contribution in [2.45, 2.75) is 56.7 Å². The predicted molar refractivity (Wildman–Crippen MR) is 164 cm³/mol. The van der Waals surface area contributed by atoms with E-state index >= 15 is 0 Å². The Balaban J connectivity index is 1.17. The van der Waals surface area contributed by atoms with Crippen LogP contribution in [0.25, 0.3) is 0 Å². The first-order valence-corrected chi connectivity index (χ1v) is 15.0. The number of hydrogen-bond acceptors (Lipinski definition) is 8. The van der Waals surface area contributed by atoms with Crippen molar-refractivity contribution in [2.24, 2.45) is 0 Å². The molecule has 1 saturated carbocycles. The highest BCUT2D eigenvalue weighted by atomic mass is 19.3. The Labute approximate surface area is 255 Å². The summed E-state index contributed by atoms with van der Waals surface area (Å²) in [5.74, 6) is -4.17. The van der Waals surface area contributed by atoms with E-state index < -0.39 is 18.4 Å². The molecule has 2 aliphatic heterocycles. The highest BCUT2D eigenvalue weighted by Gasteiger charge is 2.48. The quantitative estimate of drug-likeness (QED) is 0.385. The predicted octanol–water partition coefficient (Wildman–Crippen LogP) is 4.59. The lowest BCUT2D eigenvalue weighted by Crippen LogP contribution is -2.48. The van der Waals surface area contributed by atoms with Crippen LogP contribution in [0.3, 0.4) is 0 Å². The third kappa shape index (κ3) is 6.17. The van der Waals surface area contributed by atoms with Crippen molar-refractivity contribution in [2.75, 3.05) is 48.9 Å². The number of methoxy groups -OCH3 is 1. The summed E-state index contributed by atoms with van der Waals surface area (Å²) >= 11 is 0. The molecule has 1 aliphatic carbocycles. The van der Waals surface area contributed by atoms with Crippen LogP contribution in [0.2, 0.25) is 0 Å². The minimum Gasteiger partial charge on any atom is -0.495 e. The van der Waals surface area contributed by atoms with Gasteiger partial charge in [-0.1, -0.05) is 43.2 Å². The minimum atomic E-state index is -3.55. The Kier molecular flexibility index (Phi) is 8.35. The Morgan fingerprint density at radius 2 is 1.89 bits per heavy atom. The first-order chi connectivity index (χ1) is 21.2. The first-order valence-electron chi connectivity index (χ1n) is 15.0. The number of likely N-dealkylation sites (tertiary alicyclic amines) is 1. The Morgan fingerprint density at radius 3 is 2.64 bits per heavy atom. The van der Waals surface area contributed by atoms with Crippen LogP contribution in [0, 0.1) is 0 Å². The molecule has 12 heteroatoms. The molecule has 2 fully saturated rings. The Bertz CT molecular complexity index is 1520. The summed E-state index contributed by atoms with van der Waals surface area (Å²) in [5, 5.41) is 6.25. The molecule has 0 bridgehead atoms. The number of hydrogen-bond donors (Lipinski definition) is 2. The van der Waals surface area contributed by atoms with Gasteiger partial charge >= 0.3 is 5.92 Å². The second-order valence-electron chi connectivity index (χ2n) is 11.8. The normalized spacial score (nSPS) is 20.4. The molecular formula is C32H37F2N7O3. The molecule has 2 aromatic carbocycles. The second kappa shape index (κ2) is 12.4. The van der Waals surface area contributed by atoms with Crippen LogP contribution in [0.4, 0.5) is 31.9 Å². The molecule has 2 N–H and O–H groups in total. The number of anilines is 4. The van der Waals surface area contributed by atoms with Crippen molar-refractivity contribution in [3.8, 4) is 5.75 Å². The van der Waals surface area contributed by atoms with Gasteiger partial charge < -0.3 is 25.2 Å². The largest absolute Gasteiger partial charge is 0.495 e. The van der Waals surface area contributed by atoms with E-state index in [-0.39, 0.29) is 35.4 Å². The summed E-state index contributed by atoms with van der Waals surface area (Å²) in [6, 6.07) is 15.2. The fraction of sp³-hybridized carbons (Fsp3) is 0.438. The van der Waals surface area contributed by atoms with E-state index in [1.807, 2.05) is 18.2 Å². The van der Waals surface area contributed by atoms with E-state index in [0.717, 1.165) is 56.6 Å².